The molecule has 1 saturated carbocycles. The molecule has 0 bridgehead atoms. The van der Waals surface area contributed by atoms with E-state index in [1.807, 2.05) is 45.0 Å². The number of aromatic nitrogens is 2. The molecule has 0 spiro atoms. The Hall–Kier alpha value is -2.63. The number of hydrogen-bond acceptors (Lipinski definition) is 3. The minimum Gasteiger partial charge on any atom is -0.351 e. The van der Waals surface area contributed by atoms with Crippen molar-refractivity contribution in [3.63, 3.8) is 0 Å². The molecule has 0 radical (unpaired) electrons. The van der Waals surface area contributed by atoms with E-state index in [1.54, 1.807) is 9.58 Å². The van der Waals surface area contributed by atoms with Crippen LogP contribution in [0.15, 0.2) is 24.3 Å². The van der Waals surface area contributed by atoms with Crippen molar-refractivity contribution >= 4 is 17.5 Å². The van der Waals surface area contributed by atoms with Crippen LogP contribution < -0.4 is 10.2 Å². The first-order valence-corrected chi connectivity index (χ1v) is 11.8. The Morgan fingerprint density at radius 2 is 1.84 bits per heavy atom. The highest BCUT2D eigenvalue weighted by molar-refractivity contribution is 6.12. The van der Waals surface area contributed by atoms with Gasteiger partial charge in [-0.2, -0.15) is 5.10 Å². The third kappa shape index (κ3) is 3.84. The van der Waals surface area contributed by atoms with Crippen molar-refractivity contribution in [3.05, 3.63) is 46.8 Å². The second-order valence-corrected chi connectivity index (χ2v) is 10.8. The summed E-state index contributed by atoms with van der Waals surface area (Å²) in [6, 6.07) is 8.00. The number of aryl methyl sites for hydroxylation is 1. The van der Waals surface area contributed by atoms with Gasteiger partial charge in [-0.1, -0.05) is 52.2 Å². The normalized spacial score (nSPS) is 22.1. The summed E-state index contributed by atoms with van der Waals surface area (Å²) in [7, 11) is 0. The number of carbonyl (C=O) groups is 2. The van der Waals surface area contributed by atoms with Crippen molar-refractivity contribution in [1.29, 1.82) is 0 Å². The highest BCUT2D eigenvalue weighted by Crippen LogP contribution is 2.37. The van der Waals surface area contributed by atoms with Gasteiger partial charge < -0.3 is 5.32 Å². The maximum atomic E-state index is 13.9. The molecule has 1 aromatic heterocycles. The number of carbonyl (C=O) groups excluding carboxylic acids is 2. The van der Waals surface area contributed by atoms with Crippen LogP contribution in [0, 0.1) is 13.8 Å². The van der Waals surface area contributed by atoms with Gasteiger partial charge >= 0.3 is 0 Å². The van der Waals surface area contributed by atoms with Crippen LogP contribution in [0.1, 0.15) is 87.1 Å². The lowest BCUT2D eigenvalue weighted by molar-refractivity contribution is -0.127. The van der Waals surface area contributed by atoms with E-state index in [0.29, 0.717) is 12.2 Å². The van der Waals surface area contributed by atoms with Crippen molar-refractivity contribution < 1.29 is 9.59 Å². The molecule has 0 unspecified atom stereocenters. The van der Waals surface area contributed by atoms with Crippen LogP contribution in [0.3, 0.4) is 0 Å². The van der Waals surface area contributed by atoms with E-state index < -0.39 is 5.54 Å². The molecule has 1 fully saturated rings. The van der Waals surface area contributed by atoms with Gasteiger partial charge in [-0.15, -0.1) is 0 Å². The van der Waals surface area contributed by atoms with Gasteiger partial charge in [-0.05, 0) is 56.9 Å². The number of nitrogens with zero attached hydrogens (tertiary/aromatic N) is 3. The molecule has 2 aromatic rings. The fraction of sp³-hybridized carbons (Fsp3) is 0.577. The van der Waals surface area contributed by atoms with Crippen LogP contribution in [0.4, 0.5) is 5.69 Å². The Bertz CT molecular complexity index is 1040. The van der Waals surface area contributed by atoms with Gasteiger partial charge in [-0.3, -0.25) is 19.2 Å². The Morgan fingerprint density at radius 1 is 1.16 bits per heavy atom. The van der Waals surface area contributed by atoms with Gasteiger partial charge in [0.2, 0.25) is 5.91 Å². The molecule has 6 nitrogen and oxygen atoms in total. The Balaban J connectivity index is 1.81. The lowest BCUT2D eigenvalue weighted by Gasteiger charge is -2.44. The monoisotopic (exact) mass is 436 g/mol. The number of anilines is 1. The molecule has 1 aromatic carbocycles. The molecule has 2 heterocycles. The zero-order valence-corrected chi connectivity index (χ0v) is 20.3. The van der Waals surface area contributed by atoms with Crippen LogP contribution >= 0.6 is 0 Å². The quantitative estimate of drug-likeness (QED) is 0.761. The van der Waals surface area contributed by atoms with E-state index in [-0.39, 0.29) is 23.3 Å². The third-order valence-corrected chi connectivity index (χ3v) is 7.17. The molecule has 172 valence electrons. The molecule has 4 rings (SSSR count). The highest BCUT2D eigenvalue weighted by atomic mass is 16.2. The van der Waals surface area contributed by atoms with E-state index in [1.165, 1.54) is 6.42 Å². The molecule has 1 aliphatic carbocycles. The standard InChI is InChI=1S/C26H36N4O2/c1-17-11-10-14-20(18(17)2)30-23(31)21-15-22(25(3,4)5)28-29(21)16-26(30,6)24(32)27-19-12-8-7-9-13-19/h10-11,14-15,19H,7-9,12-13,16H2,1-6H3,(H,27,32)/t26-/m1/s1. The lowest BCUT2D eigenvalue weighted by Crippen LogP contribution is -2.65. The average Bonchev–Trinajstić information content (AvgIpc) is 3.16. The predicted molar refractivity (Wildman–Crippen MR) is 127 cm³/mol. The first kappa shape index (κ1) is 22.6. The third-order valence-electron chi connectivity index (χ3n) is 7.17. The van der Waals surface area contributed by atoms with E-state index in [0.717, 1.165) is 48.2 Å². The van der Waals surface area contributed by atoms with Crippen molar-refractivity contribution in [2.75, 3.05) is 4.90 Å². The summed E-state index contributed by atoms with van der Waals surface area (Å²) in [5.41, 5.74) is 3.05. The van der Waals surface area contributed by atoms with Crippen LogP contribution in [0.5, 0.6) is 0 Å². The second-order valence-electron chi connectivity index (χ2n) is 10.8. The van der Waals surface area contributed by atoms with Gasteiger partial charge in [0.15, 0.2) is 0 Å². The minimum atomic E-state index is -1.07. The largest absolute Gasteiger partial charge is 0.351 e. The molecule has 32 heavy (non-hydrogen) atoms. The molecule has 1 N–H and O–H groups in total. The first-order valence-electron chi connectivity index (χ1n) is 11.8. The number of amides is 2. The predicted octanol–water partition coefficient (Wildman–Crippen LogP) is 4.67. The van der Waals surface area contributed by atoms with Gasteiger partial charge in [-0.25, -0.2) is 0 Å². The zero-order valence-electron chi connectivity index (χ0n) is 20.3. The topological polar surface area (TPSA) is 67.2 Å². The van der Waals surface area contributed by atoms with Crippen LogP contribution in [-0.2, 0) is 16.8 Å². The van der Waals surface area contributed by atoms with Gasteiger partial charge in [0.1, 0.15) is 11.2 Å². The fourth-order valence-electron chi connectivity index (χ4n) is 4.89. The molecule has 1 aliphatic heterocycles. The highest BCUT2D eigenvalue weighted by Gasteiger charge is 2.50. The van der Waals surface area contributed by atoms with E-state index in [4.69, 9.17) is 5.10 Å². The number of nitrogens with one attached hydrogen (secondary N) is 1. The van der Waals surface area contributed by atoms with Gasteiger partial charge in [0, 0.05) is 17.1 Å². The zero-order chi connectivity index (χ0) is 23.3. The summed E-state index contributed by atoms with van der Waals surface area (Å²) in [5.74, 6) is -0.272. The van der Waals surface area contributed by atoms with Gasteiger partial charge in [0.25, 0.3) is 5.91 Å². The van der Waals surface area contributed by atoms with Crippen molar-refractivity contribution in [2.24, 2.45) is 0 Å². The molecule has 1 atom stereocenters. The number of rotatable bonds is 3. The summed E-state index contributed by atoms with van der Waals surface area (Å²) in [6.07, 6.45) is 5.50. The maximum Gasteiger partial charge on any atom is 0.277 e. The van der Waals surface area contributed by atoms with Crippen molar-refractivity contribution in [2.45, 2.75) is 97.2 Å². The molecule has 2 amide bonds. The Kier molecular flexibility index (Phi) is 5.68. The van der Waals surface area contributed by atoms with Crippen LogP contribution in [0.2, 0.25) is 0 Å². The minimum absolute atomic E-state index is 0.0999. The molecular formula is C26H36N4O2. The number of benzene rings is 1. The van der Waals surface area contributed by atoms with Crippen LogP contribution in [-0.4, -0.2) is 33.2 Å². The molecule has 0 saturated heterocycles. The van der Waals surface area contributed by atoms with Crippen molar-refractivity contribution in [3.8, 4) is 0 Å². The molecule has 6 heteroatoms. The second kappa shape index (κ2) is 8.05. The number of hydrogen-bond donors (Lipinski definition) is 1. The lowest BCUT2D eigenvalue weighted by atomic mass is 9.90. The smallest absolute Gasteiger partial charge is 0.277 e. The van der Waals surface area contributed by atoms with E-state index in [2.05, 4.69) is 26.1 Å². The van der Waals surface area contributed by atoms with Crippen LogP contribution in [0.25, 0.3) is 0 Å². The maximum absolute atomic E-state index is 13.9. The molecule has 2 aliphatic rings. The average molecular weight is 437 g/mol. The first-order chi connectivity index (χ1) is 15.0. The van der Waals surface area contributed by atoms with Gasteiger partial charge in [0.05, 0.1) is 12.2 Å². The fourth-order valence-corrected chi connectivity index (χ4v) is 4.89. The summed E-state index contributed by atoms with van der Waals surface area (Å²) in [4.78, 5) is 29.4. The number of fused-ring (bicyclic) bond motifs is 1. The SMILES string of the molecule is Cc1cccc(N2C(=O)c3cc(C(C)(C)C)nn3C[C@]2(C)C(=O)NC2CCCCC2)c1C. The summed E-state index contributed by atoms with van der Waals surface area (Å²) >= 11 is 0. The van der Waals surface area contributed by atoms with E-state index >= 15 is 0 Å². The van der Waals surface area contributed by atoms with E-state index in [9.17, 15) is 9.59 Å². The molecular weight excluding hydrogens is 400 g/mol. The Labute approximate surface area is 191 Å². The summed E-state index contributed by atoms with van der Waals surface area (Å²) in [6.45, 7) is 12.5. The summed E-state index contributed by atoms with van der Waals surface area (Å²) < 4.78 is 1.74. The Morgan fingerprint density at radius 3 is 2.50 bits per heavy atom. The summed E-state index contributed by atoms with van der Waals surface area (Å²) in [5, 5.41) is 8.03. The van der Waals surface area contributed by atoms with Crippen molar-refractivity contribution in [1.82, 2.24) is 15.1 Å².